The molecule has 2 bridgehead atoms. The molecule has 4 fully saturated rings. The van der Waals surface area contributed by atoms with Gasteiger partial charge in [-0.15, -0.1) is 0 Å². The van der Waals surface area contributed by atoms with Gasteiger partial charge in [0.05, 0.1) is 4.90 Å². The summed E-state index contributed by atoms with van der Waals surface area (Å²) in [7, 11) is -3.74. The smallest absolute Gasteiger partial charge is 0.208 e. The topological polar surface area (TPSA) is 61.8 Å². The standard InChI is InChI=1S/C17H21ClO5S/c1-16-11-9-12-4-2-3-10-17(12,23-22-16)15(21-16)24(19,20)14-7-5-13(18)6-8-14/h5-8,12,15H,2-4,9-11H2,1H3/t12-,15+,16-,17+/m1/s1. The summed E-state index contributed by atoms with van der Waals surface area (Å²) >= 11 is 5.90. The van der Waals surface area contributed by atoms with Crippen molar-refractivity contribution < 1.29 is 22.9 Å². The van der Waals surface area contributed by atoms with E-state index in [1.54, 1.807) is 19.1 Å². The van der Waals surface area contributed by atoms with Crippen LogP contribution in [0.15, 0.2) is 29.2 Å². The lowest BCUT2D eigenvalue weighted by Crippen LogP contribution is -2.61. The van der Waals surface area contributed by atoms with E-state index in [-0.39, 0.29) is 10.8 Å². The zero-order valence-electron chi connectivity index (χ0n) is 13.5. The third kappa shape index (κ3) is 2.51. The lowest BCUT2D eigenvalue weighted by Gasteiger charge is -2.49. The van der Waals surface area contributed by atoms with Gasteiger partial charge in [-0.05, 0) is 56.4 Å². The quantitative estimate of drug-likeness (QED) is 0.738. The van der Waals surface area contributed by atoms with Crippen LogP contribution in [0.5, 0.6) is 0 Å². The maximum atomic E-state index is 13.3. The number of benzene rings is 1. The van der Waals surface area contributed by atoms with Crippen LogP contribution in [-0.2, 0) is 24.3 Å². The van der Waals surface area contributed by atoms with Gasteiger partial charge < -0.3 is 4.74 Å². The molecule has 132 valence electrons. The zero-order chi connectivity index (χ0) is 17.0. The minimum Gasteiger partial charge on any atom is -0.324 e. The molecule has 4 aliphatic rings. The number of fused-ring (bicyclic) bond motifs is 3. The van der Waals surface area contributed by atoms with Gasteiger partial charge in [0.25, 0.3) is 0 Å². The molecule has 1 aromatic rings. The maximum absolute atomic E-state index is 13.3. The Balaban J connectivity index is 1.81. The molecule has 1 spiro atoms. The molecule has 1 aliphatic carbocycles. The largest absolute Gasteiger partial charge is 0.324 e. The van der Waals surface area contributed by atoms with Crippen LogP contribution in [-0.4, -0.2) is 25.2 Å². The number of sulfone groups is 1. The van der Waals surface area contributed by atoms with Crippen LogP contribution in [0.3, 0.4) is 0 Å². The molecule has 7 heteroatoms. The lowest BCUT2D eigenvalue weighted by atomic mass is 9.74. The molecule has 0 N–H and O–H groups in total. The third-order valence-corrected chi connectivity index (χ3v) is 7.80. The summed E-state index contributed by atoms with van der Waals surface area (Å²) in [5.74, 6) is -0.894. The van der Waals surface area contributed by atoms with Crippen molar-refractivity contribution in [3.8, 4) is 0 Å². The summed E-state index contributed by atoms with van der Waals surface area (Å²) in [5, 5.41) is 0.498. The van der Waals surface area contributed by atoms with E-state index in [1.807, 2.05) is 0 Å². The van der Waals surface area contributed by atoms with Crippen LogP contribution in [0.1, 0.15) is 45.4 Å². The Hall–Kier alpha value is -0.660. The summed E-state index contributed by atoms with van der Waals surface area (Å²) < 4.78 is 32.7. The highest BCUT2D eigenvalue weighted by Gasteiger charge is 2.63. The average Bonchev–Trinajstić information content (AvgIpc) is 2.80. The monoisotopic (exact) mass is 372 g/mol. The van der Waals surface area contributed by atoms with Crippen molar-refractivity contribution in [3.63, 3.8) is 0 Å². The average molecular weight is 373 g/mol. The van der Waals surface area contributed by atoms with E-state index in [4.69, 9.17) is 26.1 Å². The summed E-state index contributed by atoms with van der Waals surface area (Å²) in [5.41, 5.74) is -1.98. The highest BCUT2D eigenvalue weighted by atomic mass is 35.5. The van der Waals surface area contributed by atoms with Crippen LogP contribution in [0.2, 0.25) is 5.02 Å². The number of hydrogen-bond acceptors (Lipinski definition) is 5. The highest BCUT2D eigenvalue weighted by molar-refractivity contribution is 7.92. The summed E-state index contributed by atoms with van der Waals surface area (Å²) in [6, 6.07) is 6.21. The number of halogens is 1. The predicted molar refractivity (Wildman–Crippen MR) is 88.0 cm³/mol. The normalized spacial score (nSPS) is 39.2. The molecule has 3 heterocycles. The molecule has 0 amide bonds. The Morgan fingerprint density at radius 2 is 1.83 bits per heavy atom. The molecule has 3 saturated heterocycles. The Kier molecular flexibility index (Phi) is 3.97. The Bertz CT molecular complexity index is 730. The molecular weight excluding hydrogens is 352 g/mol. The first-order chi connectivity index (χ1) is 11.4. The molecule has 1 aromatic carbocycles. The van der Waals surface area contributed by atoms with E-state index in [0.717, 1.165) is 25.7 Å². The SMILES string of the molecule is C[C@]12CC[C@H]3CCCC[C@@]3(OO1)[C@H](S(=O)(=O)c1ccc(Cl)cc1)O2. The fraction of sp³-hybridized carbons (Fsp3) is 0.647. The molecule has 5 rings (SSSR count). The Morgan fingerprint density at radius 3 is 2.58 bits per heavy atom. The second-order valence-corrected chi connectivity index (χ2v) is 9.61. The van der Waals surface area contributed by atoms with E-state index in [1.165, 1.54) is 12.1 Å². The van der Waals surface area contributed by atoms with E-state index in [2.05, 4.69) is 0 Å². The minimum atomic E-state index is -3.74. The molecule has 4 atom stereocenters. The highest BCUT2D eigenvalue weighted by Crippen LogP contribution is 2.53. The first-order valence-corrected chi connectivity index (χ1v) is 10.3. The van der Waals surface area contributed by atoms with Crippen molar-refractivity contribution in [2.45, 2.75) is 67.2 Å². The predicted octanol–water partition coefficient (Wildman–Crippen LogP) is 3.86. The van der Waals surface area contributed by atoms with Crippen molar-refractivity contribution in [2.75, 3.05) is 0 Å². The molecule has 3 aliphatic heterocycles. The van der Waals surface area contributed by atoms with Gasteiger partial charge in [0.15, 0.2) is 11.2 Å². The second-order valence-electron chi connectivity index (χ2n) is 7.19. The van der Waals surface area contributed by atoms with Gasteiger partial charge >= 0.3 is 0 Å². The summed E-state index contributed by atoms with van der Waals surface area (Å²) in [4.78, 5) is 11.5. The number of hydrogen-bond donors (Lipinski definition) is 0. The molecule has 1 saturated carbocycles. The van der Waals surface area contributed by atoms with Gasteiger partial charge in [0.2, 0.25) is 9.84 Å². The first-order valence-electron chi connectivity index (χ1n) is 8.40. The van der Waals surface area contributed by atoms with Crippen LogP contribution in [0.25, 0.3) is 0 Å². The summed E-state index contributed by atoms with van der Waals surface area (Å²) in [6.45, 7) is 1.75. The Morgan fingerprint density at radius 1 is 1.08 bits per heavy atom. The molecule has 0 unspecified atom stereocenters. The van der Waals surface area contributed by atoms with Crippen LogP contribution < -0.4 is 0 Å². The van der Waals surface area contributed by atoms with Gasteiger partial charge in [-0.2, -0.15) is 0 Å². The van der Waals surface area contributed by atoms with Gasteiger partial charge in [-0.3, -0.25) is 0 Å². The van der Waals surface area contributed by atoms with E-state index in [9.17, 15) is 8.42 Å². The molecule has 24 heavy (non-hydrogen) atoms. The third-order valence-electron chi connectivity index (χ3n) is 5.56. The fourth-order valence-electron chi connectivity index (χ4n) is 4.21. The van der Waals surface area contributed by atoms with Crippen LogP contribution in [0.4, 0.5) is 0 Å². The van der Waals surface area contributed by atoms with Crippen molar-refractivity contribution in [2.24, 2.45) is 5.92 Å². The Labute approximate surface area is 147 Å². The summed E-state index contributed by atoms with van der Waals surface area (Å²) in [6.07, 6.45) is 5.04. The minimum absolute atomic E-state index is 0.127. The van der Waals surface area contributed by atoms with Gasteiger partial charge in [0, 0.05) is 11.4 Å². The first kappa shape index (κ1) is 16.8. The fourth-order valence-corrected chi connectivity index (χ4v) is 6.30. The lowest BCUT2D eigenvalue weighted by molar-refractivity contribution is -0.514. The van der Waals surface area contributed by atoms with Crippen LogP contribution in [0, 0.1) is 5.92 Å². The molecule has 0 aromatic heterocycles. The van der Waals surface area contributed by atoms with Gasteiger partial charge in [-0.25, -0.2) is 18.2 Å². The van der Waals surface area contributed by atoms with E-state index >= 15 is 0 Å². The van der Waals surface area contributed by atoms with Crippen molar-refractivity contribution in [1.29, 1.82) is 0 Å². The van der Waals surface area contributed by atoms with Crippen LogP contribution >= 0.6 is 11.6 Å². The number of ether oxygens (including phenoxy) is 1. The van der Waals surface area contributed by atoms with E-state index in [0.29, 0.717) is 17.9 Å². The molecule has 0 radical (unpaired) electrons. The van der Waals surface area contributed by atoms with Gasteiger partial charge in [-0.1, -0.05) is 24.4 Å². The van der Waals surface area contributed by atoms with E-state index < -0.39 is 26.7 Å². The second kappa shape index (κ2) is 5.68. The van der Waals surface area contributed by atoms with Gasteiger partial charge in [0.1, 0.15) is 5.60 Å². The molecular formula is C17H21ClO5S. The van der Waals surface area contributed by atoms with Crippen molar-refractivity contribution >= 4 is 21.4 Å². The maximum Gasteiger partial charge on any atom is 0.208 e. The van der Waals surface area contributed by atoms with Crippen molar-refractivity contribution in [3.05, 3.63) is 29.3 Å². The molecule has 5 nitrogen and oxygen atoms in total. The zero-order valence-corrected chi connectivity index (χ0v) is 15.1. The number of rotatable bonds is 2. The van der Waals surface area contributed by atoms with Crippen molar-refractivity contribution in [1.82, 2.24) is 0 Å².